The Bertz CT molecular complexity index is 1400. The zero-order valence-electron chi connectivity index (χ0n) is 27.4. The molecule has 0 spiro atoms. The smallest absolute Gasteiger partial charge is 0.201 e. The molecule has 0 radical (unpaired) electrons. The molecule has 1 nitrogen and oxygen atoms in total. The van der Waals surface area contributed by atoms with E-state index in [1.165, 1.54) is 88.3 Å². The summed E-state index contributed by atoms with van der Waals surface area (Å²) in [7, 11) is 0. The molecule has 1 unspecified atom stereocenters. The van der Waals surface area contributed by atoms with Crippen molar-refractivity contribution in [1.29, 1.82) is 0 Å². The van der Waals surface area contributed by atoms with Gasteiger partial charge in [0.1, 0.15) is 5.82 Å². The maximum atomic E-state index is 15.4. The van der Waals surface area contributed by atoms with Crippen molar-refractivity contribution in [2.75, 3.05) is 6.61 Å². The highest BCUT2D eigenvalue weighted by Gasteiger charge is 2.29. The predicted octanol–water partition coefficient (Wildman–Crippen LogP) is 13.0. The van der Waals surface area contributed by atoms with Crippen molar-refractivity contribution in [3.8, 4) is 28.0 Å². The highest BCUT2D eigenvalue weighted by atomic mass is 19.2. The first-order valence-corrected chi connectivity index (χ1v) is 17.7. The van der Waals surface area contributed by atoms with Crippen LogP contribution in [0.1, 0.15) is 116 Å². The first-order chi connectivity index (χ1) is 22.0. The van der Waals surface area contributed by atoms with Gasteiger partial charge in [-0.3, -0.25) is 0 Å². The molecule has 3 aromatic carbocycles. The summed E-state index contributed by atoms with van der Waals surface area (Å²) in [5.41, 5.74) is 4.13. The molecule has 0 N–H and O–H groups in total. The number of rotatable bonds is 14. The van der Waals surface area contributed by atoms with Crippen molar-refractivity contribution in [2.45, 2.75) is 110 Å². The van der Waals surface area contributed by atoms with Crippen molar-refractivity contribution in [1.82, 2.24) is 0 Å². The number of unbranched alkanes of at least 4 members (excludes halogenated alkanes) is 5. The van der Waals surface area contributed by atoms with Gasteiger partial charge in [0.15, 0.2) is 11.6 Å². The minimum absolute atomic E-state index is 0.0713. The average Bonchev–Trinajstić information content (AvgIpc) is 3.07. The third-order valence-corrected chi connectivity index (χ3v) is 10.4. The molecule has 5 rings (SSSR count). The summed E-state index contributed by atoms with van der Waals surface area (Å²) in [4.78, 5) is 0. The molecule has 0 saturated heterocycles. The van der Waals surface area contributed by atoms with Gasteiger partial charge in [0.05, 0.1) is 6.61 Å². The fourth-order valence-electron chi connectivity index (χ4n) is 7.50. The number of allylic oxidation sites excluding steroid dienone is 2. The molecule has 1 atom stereocenters. The molecule has 0 bridgehead atoms. The van der Waals surface area contributed by atoms with Crippen molar-refractivity contribution < 1.29 is 17.9 Å². The lowest BCUT2D eigenvalue weighted by Crippen LogP contribution is -2.23. The Kier molecular flexibility index (Phi) is 12.2. The standard InChI is InChI=1S/C41H51F3O/c1-3-5-7-8-9-10-29-11-13-30(14-12-29)31-15-17-32(18-16-31)35-23-24-36(38(42)28-35)33-19-21-34(22-20-33)37-25-26-39(41(44)40(37)43)45-27-6-4-2/h17,19-26,28-31H,3-16,18,27H2,1-2H3. The Labute approximate surface area is 269 Å². The summed E-state index contributed by atoms with van der Waals surface area (Å²) in [6.45, 7) is 4.64. The van der Waals surface area contributed by atoms with E-state index in [0.717, 1.165) is 49.0 Å². The highest BCUT2D eigenvalue weighted by Crippen LogP contribution is 2.42. The average molecular weight is 617 g/mol. The molecule has 1 fully saturated rings. The lowest BCUT2D eigenvalue weighted by Gasteiger charge is -2.35. The first-order valence-electron chi connectivity index (χ1n) is 17.7. The van der Waals surface area contributed by atoms with Crippen molar-refractivity contribution >= 4 is 5.57 Å². The van der Waals surface area contributed by atoms with Crippen LogP contribution in [0.2, 0.25) is 0 Å². The van der Waals surface area contributed by atoms with Gasteiger partial charge in [-0.2, -0.15) is 4.39 Å². The zero-order valence-corrected chi connectivity index (χ0v) is 27.4. The third-order valence-electron chi connectivity index (χ3n) is 10.4. The summed E-state index contributed by atoms with van der Waals surface area (Å²) >= 11 is 0. The topological polar surface area (TPSA) is 9.23 Å². The second-order valence-corrected chi connectivity index (χ2v) is 13.5. The van der Waals surface area contributed by atoms with Gasteiger partial charge in [0.25, 0.3) is 0 Å². The summed E-state index contributed by atoms with van der Waals surface area (Å²) in [5.74, 6) is 0.319. The van der Waals surface area contributed by atoms with Crippen LogP contribution in [0.5, 0.6) is 5.75 Å². The number of ether oxygens (including phenoxy) is 1. The fourth-order valence-corrected chi connectivity index (χ4v) is 7.50. The highest BCUT2D eigenvalue weighted by molar-refractivity contribution is 5.74. The van der Waals surface area contributed by atoms with Gasteiger partial charge in [-0.1, -0.05) is 114 Å². The second-order valence-electron chi connectivity index (χ2n) is 13.5. The van der Waals surface area contributed by atoms with Crippen LogP contribution in [0.25, 0.3) is 27.8 Å². The maximum absolute atomic E-state index is 15.4. The van der Waals surface area contributed by atoms with E-state index >= 15 is 4.39 Å². The van der Waals surface area contributed by atoms with Crippen molar-refractivity contribution in [3.05, 3.63) is 83.7 Å². The lowest BCUT2D eigenvalue weighted by atomic mass is 9.70. The summed E-state index contributed by atoms with van der Waals surface area (Å²) in [6, 6.07) is 15.5. The second kappa shape index (κ2) is 16.5. The van der Waals surface area contributed by atoms with E-state index in [4.69, 9.17) is 4.74 Å². The van der Waals surface area contributed by atoms with Gasteiger partial charge in [-0.15, -0.1) is 0 Å². The molecular weight excluding hydrogens is 565 g/mol. The van der Waals surface area contributed by atoms with Crippen LogP contribution in [0.4, 0.5) is 13.2 Å². The molecule has 3 aromatic rings. The Morgan fingerprint density at radius 1 is 0.644 bits per heavy atom. The monoisotopic (exact) mass is 616 g/mol. The Balaban J connectivity index is 1.16. The number of halogens is 3. The van der Waals surface area contributed by atoms with Crippen LogP contribution in [-0.2, 0) is 0 Å². The zero-order chi connectivity index (χ0) is 31.6. The molecule has 0 heterocycles. The van der Waals surface area contributed by atoms with Crippen LogP contribution in [-0.4, -0.2) is 6.61 Å². The number of hydrogen-bond donors (Lipinski definition) is 0. The summed E-state index contributed by atoms with van der Waals surface area (Å²) in [5, 5.41) is 0. The Morgan fingerprint density at radius 3 is 1.98 bits per heavy atom. The molecule has 2 aliphatic carbocycles. The van der Waals surface area contributed by atoms with E-state index in [1.807, 2.05) is 19.1 Å². The van der Waals surface area contributed by atoms with E-state index < -0.39 is 11.6 Å². The van der Waals surface area contributed by atoms with E-state index in [0.29, 0.717) is 23.3 Å². The molecule has 0 amide bonds. The predicted molar refractivity (Wildman–Crippen MR) is 182 cm³/mol. The van der Waals surface area contributed by atoms with E-state index in [9.17, 15) is 8.78 Å². The Morgan fingerprint density at radius 2 is 1.31 bits per heavy atom. The third kappa shape index (κ3) is 8.63. The van der Waals surface area contributed by atoms with Crippen LogP contribution in [0.15, 0.2) is 60.7 Å². The fraction of sp³-hybridized carbons (Fsp3) is 0.512. The SMILES string of the molecule is CCCCCCCC1CCC(C2CC=C(c3ccc(-c4ccc(-c5ccc(OCCCC)c(F)c5F)cc4)c(F)c3)CC2)CC1. The first kappa shape index (κ1) is 33.4. The van der Waals surface area contributed by atoms with Gasteiger partial charge in [0.2, 0.25) is 5.82 Å². The molecule has 4 heteroatoms. The van der Waals surface area contributed by atoms with Crippen molar-refractivity contribution in [2.24, 2.45) is 17.8 Å². The normalized spacial score (nSPS) is 20.2. The quantitative estimate of drug-likeness (QED) is 0.164. The van der Waals surface area contributed by atoms with E-state index in [1.54, 1.807) is 30.3 Å². The van der Waals surface area contributed by atoms with Gasteiger partial charge in [-0.05, 0) is 96.7 Å². The number of hydrogen-bond acceptors (Lipinski definition) is 1. The molecule has 1 saturated carbocycles. The minimum Gasteiger partial charge on any atom is -0.490 e. The molecular formula is C41H51F3O. The molecule has 45 heavy (non-hydrogen) atoms. The molecule has 242 valence electrons. The number of benzene rings is 3. The lowest BCUT2D eigenvalue weighted by molar-refractivity contribution is 0.187. The van der Waals surface area contributed by atoms with Crippen LogP contribution >= 0.6 is 0 Å². The molecule has 0 aromatic heterocycles. The minimum atomic E-state index is -0.978. The maximum Gasteiger partial charge on any atom is 0.201 e. The Hall–Kier alpha value is -3.01. The molecule has 0 aliphatic heterocycles. The van der Waals surface area contributed by atoms with E-state index in [-0.39, 0.29) is 17.1 Å². The van der Waals surface area contributed by atoms with Crippen LogP contribution in [0.3, 0.4) is 0 Å². The largest absolute Gasteiger partial charge is 0.490 e. The van der Waals surface area contributed by atoms with Gasteiger partial charge >= 0.3 is 0 Å². The molecule has 2 aliphatic rings. The van der Waals surface area contributed by atoms with Gasteiger partial charge in [-0.25, -0.2) is 8.78 Å². The van der Waals surface area contributed by atoms with Crippen molar-refractivity contribution in [3.63, 3.8) is 0 Å². The van der Waals surface area contributed by atoms with Gasteiger partial charge in [0, 0.05) is 11.1 Å². The van der Waals surface area contributed by atoms with Gasteiger partial charge < -0.3 is 4.74 Å². The van der Waals surface area contributed by atoms with E-state index in [2.05, 4.69) is 13.0 Å². The summed E-state index contributed by atoms with van der Waals surface area (Å²) < 4.78 is 50.3. The van der Waals surface area contributed by atoms with Crippen LogP contribution < -0.4 is 4.74 Å². The van der Waals surface area contributed by atoms with Crippen LogP contribution in [0, 0.1) is 35.2 Å². The summed E-state index contributed by atoms with van der Waals surface area (Å²) in [6.07, 6.45) is 21.3.